The Morgan fingerprint density at radius 1 is 1.03 bits per heavy atom. The van der Waals surface area contributed by atoms with Crippen LogP contribution in [-0.4, -0.2) is 55.1 Å². The maximum atomic E-state index is 13.0. The SMILES string of the molecule is COc1ccc(N2CCN(C(=O)c3cc(NC4CCCCC4)ccn3)CC2)cc1. The molecule has 2 fully saturated rings. The molecule has 154 valence electrons. The van der Waals surface area contributed by atoms with Crippen molar-refractivity contribution in [2.75, 3.05) is 43.5 Å². The van der Waals surface area contributed by atoms with E-state index in [1.165, 1.54) is 32.1 Å². The first kappa shape index (κ1) is 19.6. The molecule has 0 atom stereocenters. The van der Waals surface area contributed by atoms with E-state index in [1.54, 1.807) is 13.3 Å². The third-order valence-electron chi connectivity index (χ3n) is 5.96. The van der Waals surface area contributed by atoms with Crippen LogP contribution in [-0.2, 0) is 0 Å². The van der Waals surface area contributed by atoms with Crippen LogP contribution < -0.4 is 15.0 Å². The summed E-state index contributed by atoms with van der Waals surface area (Å²) in [4.78, 5) is 21.5. The number of methoxy groups -OCH3 is 1. The van der Waals surface area contributed by atoms with Gasteiger partial charge in [0.2, 0.25) is 0 Å². The molecular weight excluding hydrogens is 364 g/mol. The Morgan fingerprint density at radius 3 is 2.45 bits per heavy atom. The van der Waals surface area contributed by atoms with Gasteiger partial charge in [-0.1, -0.05) is 19.3 Å². The smallest absolute Gasteiger partial charge is 0.272 e. The lowest BCUT2D eigenvalue weighted by molar-refractivity contribution is 0.0741. The molecular formula is C23H30N4O2. The van der Waals surface area contributed by atoms with Crippen molar-refractivity contribution in [3.05, 3.63) is 48.3 Å². The summed E-state index contributed by atoms with van der Waals surface area (Å²) in [5.74, 6) is 0.877. The Hall–Kier alpha value is -2.76. The number of ether oxygens (including phenoxy) is 1. The Kier molecular flexibility index (Phi) is 6.17. The van der Waals surface area contributed by atoms with Crippen molar-refractivity contribution in [3.8, 4) is 5.75 Å². The van der Waals surface area contributed by atoms with Crippen LogP contribution in [0.15, 0.2) is 42.6 Å². The molecule has 2 heterocycles. The fourth-order valence-corrected chi connectivity index (χ4v) is 4.24. The number of hydrogen-bond donors (Lipinski definition) is 1. The zero-order valence-corrected chi connectivity index (χ0v) is 17.1. The van der Waals surface area contributed by atoms with Crippen LogP contribution >= 0.6 is 0 Å². The number of anilines is 2. The molecule has 29 heavy (non-hydrogen) atoms. The predicted molar refractivity (Wildman–Crippen MR) is 116 cm³/mol. The second kappa shape index (κ2) is 9.16. The first-order valence-electron chi connectivity index (χ1n) is 10.6. The van der Waals surface area contributed by atoms with Crippen LogP contribution in [0.3, 0.4) is 0 Å². The second-order valence-electron chi connectivity index (χ2n) is 7.89. The number of carbonyl (C=O) groups excluding carboxylic acids is 1. The Balaban J connectivity index is 1.34. The van der Waals surface area contributed by atoms with Gasteiger partial charge in [0.25, 0.3) is 5.91 Å². The minimum atomic E-state index is 0.0201. The third kappa shape index (κ3) is 4.81. The minimum absolute atomic E-state index is 0.0201. The summed E-state index contributed by atoms with van der Waals surface area (Å²) < 4.78 is 5.23. The summed E-state index contributed by atoms with van der Waals surface area (Å²) in [7, 11) is 1.67. The summed E-state index contributed by atoms with van der Waals surface area (Å²) in [5.41, 5.74) is 2.70. The van der Waals surface area contributed by atoms with E-state index >= 15 is 0 Å². The highest BCUT2D eigenvalue weighted by atomic mass is 16.5. The average Bonchev–Trinajstić information content (AvgIpc) is 2.80. The van der Waals surface area contributed by atoms with Crippen molar-refractivity contribution < 1.29 is 9.53 Å². The Labute approximate surface area is 172 Å². The molecule has 1 aromatic carbocycles. The summed E-state index contributed by atoms with van der Waals surface area (Å²) in [5, 5.41) is 3.59. The largest absolute Gasteiger partial charge is 0.497 e. The number of piperazine rings is 1. The zero-order chi connectivity index (χ0) is 20.1. The molecule has 0 unspecified atom stereocenters. The highest BCUT2D eigenvalue weighted by Gasteiger charge is 2.23. The molecule has 0 bridgehead atoms. The lowest BCUT2D eigenvalue weighted by Crippen LogP contribution is -2.49. The van der Waals surface area contributed by atoms with Crippen LogP contribution in [0.25, 0.3) is 0 Å². The molecule has 1 aromatic heterocycles. The standard InChI is InChI=1S/C23H30N4O2/c1-29-21-9-7-20(8-10-21)26-13-15-27(16-14-26)23(28)22-17-19(11-12-24-22)25-18-5-3-2-4-6-18/h7-12,17-18H,2-6,13-16H2,1H3,(H,24,25). The molecule has 1 saturated carbocycles. The highest BCUT2D eigenvalue weighted by molar-refractivity contribution is 5.93. The number of carbonyl (C=O) groups is 1. The van der Waals surface area contributed by atoms with Gasteiger partial charge in [0.1, 0.15) is 11.4 Å². The lowest BCUT2D eigenvalue weighted by atomic mass is 9.95. The fourth-order valence-electron chi connectivity index (χ4n) is 4.24. The van der Waals surface area contributed by atoms with E-state index in [0.717, 1.165) is 30.2 Å². The van der Waals surface area contributed by atoms with Crippen LogP contribution in [0.2, 0.25) is 0 Å². The van der Waals surface area contributed by atoms with Crippen molar-refractivity contribution >= 4 is 17.3 Å². The van der Waals surface area contributed by atoms with E-state index < -0.39 is 0 Å². The van der Waals surface area contributed by atoms with Crippen LogP contribution in [0, 0.1) is 0 Å². The molecule has 6 heteroatoms. The monoisotopic (exact) mass is 394 g/mol. The highest BCUT2D eigenvalue weighted by Crippen LogP contribution is 2.23. The number of amides is 1. The van der Waals surface area contributed by atoms with Gasteiger partial charge in [-0.2, -0.15) is 0 Å². The van der Waals surface area contributed by atoms with Crippen LogP contribution in [0.4, 0.5) is 11.4 Å². The van der Waals surface area contributed by atoms with E-state index in [4.69, 9.17) is 4.74 Å². The van der Waals surface area contributed by atoms with Crippen LogP contribution in [0.1, 0.15) is 42.6 Å². The van der Waals surface area contributed by atoms with E-state index in [-0.39, 0.29) is 5.91 Å². The Bertz CT molecular complexity index is 810. The number of aromatic nitrogens is 1. The molecule has 1 saturated heterocycles. The first-order chi connectivity index (χ1) is 14.2. The third-order valence-corrected chi connectivity index (χ3v) is 5.96. The summed E-state index contributed by atoms with van der Waals surface area (Å²) in [6, 6.07) is 12.5. The maximum absolute atomic E-state index is 13.0. The van der Waals surface area contributed by atoms with Crippen molar-refractivity contribution in [2.24, 2.45) is 0 Å². The number of nitrogens with one attached hydrogen (secondary N) is 1. The molecule has 1 N–H and O–H groups in total. The van der Waals surface area contributed by atoms with Gasteiger partial charge in [0.15, 0.2) is 0 Å². The first-order valence-corrected chi connectivity index (χ1v) is 10.6. The summed E-state index contributed by atoms with van der Waals surface area (Å²) in [6.07, 6.45) is 8.06. The molecule has 2 aliphatic rings. The van der Waals surface area contributed by atoms with Crippen LogP contribution in [0.5, 0.6) is 5.75 Å². The molecule has 1 aliphatic heterocycles. The number of rotatable bonds is 5. The van der Waals surface area contributed by atoms with E-state index in [2.05, 4.69) is 27.3 Å². The summed E-state index contributed by atoms with van der Waals surface area (Å²) in [6.45, 7) is 3.04. The van der Waals surface area contributed by atoms with Gasteiger partial charge in [-0.3, -0.25) is 9.78 Å². The number of benzene rings is 1. The molecule has 0 spiro atoms. The lowest BCUT2D eigenvalue weighted by Gasteiger charge is -2.36. The van der Waals surface area contributed by atoms with Gasteiger partial charge in [0, 0.05) is 49.8 Å². The molecule has 1 amide bonds. The van der Waals surface area contributed by atoms with Gasteiger partial charge < -0.3 is 19.9 Å². The van der Waals surface area contributed by atoms with Crippen molar-refractivity contribution in [3.63, 3.8) is 0 Å². The van der Waals surface area contributed by atoms with E-state index in [1.807, 2.05) is 29.2 Å². The van der Waals surface area contributed by atoms with Gasteiger partial charge in [-0.05, 0) is 49.2 Å². The van der Waals surface area contributed by atoms with Crippen molar-refractivity contribution in [1.29, 1.82) is 0 Å². The number of pyridine rings is 1. The Morgan fingerprint density at radius 2 is 1.76 bits per heavy atom. The summed E-state index contributed by atoms with van der Waals surface area (Å²) >= 11 is 0. The van der Waals surface area contributed by atoms with Gasteiger partial charge in [0.05, 0.1) is 7.11 Å². The maximum Gasteiger partial charge on any atom is 0.272 e. The molecule has 4 rings (SSSR count). The molecule has 1 aliphatic carbocycles. The van der Waals surface area contributed by atoms with Gasteiger partial charge in [-0.15, -0.1) is 0 Å². The second-order valence-corrected chi connectivity index (χ2v) is 7.89. The number of nitrogens with zero attached hydrogens (tertiary/aromatic N) is 3. The molecule has 0 radical (unpaired) electrons. The van der Waals surface area contributed by atoms with Crippen molar-refractivity contribution in [2.45, 2.75) is 38.1 Å². The van der Waals surface area contributed by atoms with E-state index in [9.17, 15) is 4.79 Å². The normalized spacial score (nSPS) is 17.8. The minimum Gasteiger partial charge on any atom is -0.497 e. The number of hydrogen-bond acceptors (Lipinski definition) is 5. The van der Waals surface area contributed by atoms with E-state index in [0.29, 0.717) is 24.8 Å². The quantitative estimate of drug-likeness (QED) is 0.836. The topological polar surface area (TPSA) is 57.7 Å². The van der Waals surface area contributed by atoms with Gasteiger partial charge in [-0.25, -0.2) is 0 Å². The predicted octanol–water partition coefficient (Wildman–Crippen LogP) is 3.80. The zero-order valence-electron chi connectivity index (χ0n) is 17.1. The van der Waals surface area contributed by atoms with Gasteiger partial charge >= 0.3 is 0 Å². The average molecular weight is 395 g/mol. The molecule has 6 nitrogen and oxygen atoms in total. The fraction of sp³-hybridized carbons (Fsp3) is 0.478. The van der Waals surface area contributed by atoms with Crippen molar-refractivity contribution in [1.82, 2.24) is 9.88 Å². The molecule has 2 aromatic rings.